The molecule has 0 unspecified atom stereocenters. The normalized spacial score (nSPS) is 21.1. The van der Waals surface area contributed by atoms with Crippen molar-refractivity contribution in [3.8, 4) is 11.5 Å². The highest BCUT2D eigenvalue weighted by molar-refractivity contribution is 5.91. The third-order valence-corrected chi connectivity index (χ3v) is 6.97. The molecule has 4 amide bonds. The van der Waals surface area contributed by atoms with Crippen LogP contribution in [0.4, 0.5) is 4.79 Å². The van der Waals surface area contributed by atoms with Crippen LogP contribution < -0.4 is 14.8 Å². The molecule has 2 fully saturated rings. The molecule has 0 spiro atoms. The van der Waals surface area contributed by atoms with E-state index in [-0.39, 0.29) is 24.4 Å². The van der Waals surface area contributed by atoms with Crippen LogP contribution in [0.15, 0.2) is 48.5 Å². The van der Waals surface area contributed by atoms with E-state index in [0.29, 0.717) is 50.9 Å². The van der Waals surface area contributed by atoms with E-state index in [4.69, 9.17) is 9.47 Å². The molecule has 2 atom stereocenters. The van der Waals surface area contributed by atoms with Crippen molar-refractivity contribution in [2.45, 2.75) is 45.6 Å². The van der Waals surface area contributed by atoms with Crippen molar-refractivity contribution in [2.24, 2.45) is 0 Å². The van der Waals surface area contributed by atoms with Crippen LogP contribution in [0.2, 0.25) is 0 Å². The van der Waals surface area contributed by atoms with Gasteiger partial charge in [0.05, 0.1) is 13.1 Å². The first-order valence-electron chi connectivity index (χ1n) is 12.8. The van der Waals surface area contributed by atoms with Crippen LogP contribution >= 0.6 is 0 Å². The van der Waals surface area contributed by atoms with Crippen molar-refractivity contribution in [3.05, 3.63) is 59.7 Å². The number of rotatable bonds is 7. The fourth-order valence-electron chi connectivity index (χ4n) is 5.18. The quantitative estimate of drug-likeness (QED) is 0.618. The lowest BCUT2D eigenvalue weighted by molar-refractivity contribution is -0.156. The number of hydrazine groups is 1. The molecule has 2 saturated heterocycles. The summed E-state index contributed by atoms with van der Waals surface area (Å²) in [7, 11) is 0. The Bertz CT molecular complexity index is 1160. The molecule has 0 saturated carbocycles. The number of fused-ring (bicyclic) bond motifs is 2. The summed E-state index contributed by atoms with van der Waals surface area (Å²) in [6.45, 7) is 6.34. The first kappa shape index (κ1) is 24.9. The van der Waals surface area contributed by atoms with E-state index in [2.05, 4.69) is 5.32 Å². The number of carbonyl (C=O) groups excluding carboxylic acids is 3. The Morgan fingerprint density at radius 1 is 1.05 bits per heavy atom. The second kappa shape index (κ2) is 10.7. The molecule has 3 aliphatic heterocycles. The van der Waals surface area contributed by atoms with Crippen molar-refractivity contribution < 1.29 is 23.9 Å². The number of ether oxygens (including phenoxy) is 2. The van der Waals surface area contributed by atoms with Gasteiger partial charge in [-0.15, -0.1) is 0 Å². The van der Waals surface area contributed by atoms with Gasteiger partial charge >= 0.3 is 6.03 Å². The van der Waals surface area contributed by atoms with Gasteiger partial charge in [0.25, 0.3) is 0 Å². The lowest BCUT2D eigenvalue weighted by Gasteiger charge is -2.45. The molecular weight excluding hydrogens is 474 g/mol. The molecule has 5 rings (SSSR count). The Morgan fingerprint density at radius 2 is 1.81 bits per heavy atom. The molecule has 3 heterocycles. The number of nitrogens with one attached hydrogen (secondary N) is 1. The SMILES string of the molecule is CCCN(C(=O)NCc1ccccc1)N1CC(=O)N2[C@@H](C)C(=O)N(Cc3ccc4c(c3)OCCO4)C[C@@H]21. The van der Waals surface area contributed by atoms with Crippen molar-refractivity contribution in [1.29, 1.82) is 0 Å². The predicted molar refractivity (Wildman–Crippen MR) is 135 cm³/mol. The highest BCUT2D eigenvalue weighted by Crippen LogP contribution is 2.33. The Morgan fingerprint density at radius 3 is 2.57 bits per heavy atom. The van der Waals surface area contributed by atoms with Crippen molar-refractivity contribution in [2.75, 3.05) is 32.8 Å². The first-order chi connectivity index (χ1) is 18.0. The van der Waals surface area contributed by atoms with Crippen LogP contribution in [0, 0.1) is 0 Å². The van der Waals surface area contributed by atoms with E-state index < -0.39 is 12.2 Å². The first-order valence-corrected chi connectivity index (χ1v) is 12.8. The fraction of sp³-hybridized carbons (Fsp3) is 0.444. The summed E-state index contributed by atoms with van der Waals surface area (Å²) >= 11 is 0. The zero-order chi connectivity index (χ0) is 25.9. The summed E-state index contributed by atoms with van der Waals surface area (Å²) in [5.41, 5.74) is 1.91. The maximum absolute atomic E-state index is 13.3. The lowest BCUT2D eigenvalue weighted by Crippen LogP contribution is -2.64. The summed E-state index contributed by atoms with van der Waals surface area (Å²) in [6.07, 6.45) is 0.303. The van der Waals surface area contributed by atoms with Crippen LogP contribution in [-0.4, -0.2) is 82.7 Å². The number of urea groups is 1. The summed E-state index contributed by atoms with van der Waals surface area (Å²) < 4.78 is 11.3. The van der Waals surface area contributed by atoms with E-state index in [1.54, 1.807) is 21.7 Å². The number of amides is 4. The van der Waals surface area contributed by atoms with Gasteiger partial charge in [-0.3, -0.25) is 14.6 Å². The van der Waals surface area contributed by atoms with E-state index >= 15 is 0 Å². The average molecular weight is 508 g/mol. The Labute approximate surface area is 216 Å². The van der Waals surface area contributed by atoms with Crippen molar-refractivity contribution >= 4 is 17.8 Å². The number of piperazine rings is 1. The molecule has 0 aliphatic carbocycles. The molecule has 0 radical (unpaired) electrons. The number of nitrogens with zero attached hydrogens (tertiary/aromatic N) is 4. The van der Waals surface area contributed by atoms with Gasteiger partial charge in [-0.1, -0.05) is 43.3 Å². The Hall–Kier alpha value is -3.79. The second-order valence-electron chi connectivity index (χ2n) is 9.52. The fourth-order valence-corrected chi connectivity index (χ4v) is 5.18. The standard InChI is InChI=1S/C27H33N5O5/c1-3-11-30(27(35)28-15-20-7-5-4-6-8-20)31-18-25(33)32-19(2)26(34)29(17-24(31)32)16-21-9-10-22-23(14-21)37-13-12-36-22/h4-10,14,19,24H,3,11-13,15-18H2,1-2H3,(H,28,35)/t19-,24+/m0/s1. The molecule has 2 aromatic carbocycles. The number of carbonyl (C=O) groups is 3. The minimum Gasteiger partial charge on any atom is -0.486 e. The van der Waals surface area contributed by atoms with Crippen LogP contribution in [0.25, 0.3) is 0 Å². The van der Waals surface area contributed by atoms with Gasteiger partial charge in [-0.2, -0.15) is 5.01 Å². The largest absolute Gasteiger partial charge is 0.486 e. The topological polar surface area (TPSA) is 94.7 Å². The molecule has 0 bridgehead atoms. The zero-order valence-corrected chi connectivity index (χ0v) is 21.3. The average Bonchev–Trinajstić information content (AvgIpc) is 3.24. The number of benzene rings is 2. The molecule has 10 heteroatoms. The number of hydrogen-bond acceptors (Lipinski definition) is 6. The molecule has 1 N–H and O–H groups in total. The molecule has 2 aromatic rings. The van der Waals surface area contributed by atoms with Gasteiger partial charge < -0.3 is 24.6 Å². The Balaban J connectivity index is 1.33. The summed E-state index contributed by atoms with van der Waals surface area (Å²) in [6, 6.07) is 14.5. The van der Waals surface area contributed by atoms with Crippen LogP contribution in [0.5, 0.6) is 11.5 Å². The molecule has 0 aromatic heterocycles. The van der Waals surface area contributed by atoms with E-state index in [9.17, 15) is 14.4 Å². The van der Waals surface area contributed by atoms with E-state index in [1.165, 1.54) is 0 Å². The Kier molecular flexibility index (Phi) is 7.18. The third-order valence-electron chi connectivity index (χ3n) is 6.97. The summed E-state index contributed by atoms with van der Waals surface area (Å²) in [5.74, 6) is 1.10. The van der Waals surface area contributed by atoms with Crippen LogP contribution in [0.3, 0.4) is 0 Å². The van der Waals surface area contributed by atoms with Crippen molar-refractivity contribution in [3.63, 3.8) is 0 Å². The van der Waals surface area contributed by atoms with Crippen LogP contribution in [0.1, 0.15) is 31.4 Å². The van der Waals surface area contributed by atoms with Gasteiger partial charge in [-0.25, -0.2) is 4.79 Å². The summed E-state index contributed by atoms with van der Waals surface area (Å²) in [4.78, 5) is 42.9. The second-order valence-corrected chi connectivity index (χ2v) is 9.52. The van der Waals surface area contributed by atoms with Crippen molar-refractivity contribution in [1.82, 2.24) is 25.1 Å². The molecule has 3 aliphatic rings. The maximum atomic E-state index is 13.3. The minimum absolute atomic E-state index is 0.0545. The zero-order valence-electron chi connectivity index (χ0n) is 21.3. The van der Waals surface area contributed by atoms with Gasteiger partial charge in [0.15, 0.2) is 11.5 Å². The maximum Gasteiger partial charge on any atom is 0.332 e. The monoisotopic (exact) mass is 507 g/mol. The van der Waals surface area contributed by atoms with E-state index in [1.807, 2.05) is 60.5 Å². The van der Waals surface area contributed by atoms with Gasteiger partial charge in [0.1, 0.15) is 25.4 Å². The third kappa shape index (κ3) is 5.06. The molecule has 10 nitrogen and oxygen atoms in total. The highest BCUT2D eigenvalue weighted by atomic mass is 16.6. The highest BCUT2D eigenvalue weighted by Gasteiger charge is 2.50. The van der Waals surface area contributed by atoms with Gasteiger partial charge in [0.2, 0.25) is 11.8 Å². The minimum atomic E-state index is -0.621. The van der Waals surface area contributed by atoms with Crippen LogP contribution in [-0.2, 0) is 22.7 Å². The summed E-state index contributed by atoms with van der Waals surface area (Å²) in [5, 5.41) is 6.41. The smallest absolute Gasteiger partial charge is 0.332 e. The number of hydrogen-bond donors (Lipinski definition) is 1. The molecule has 196 valence electrons. The molecular formula is C27H33N5O5. The predicted octanol–water partition coefficient (Wildman–Crippen LogP) is 2.20. The van der Waals surface area contributed by atoms with Gasteiger partial charge in [0, 0.05) is 19.6 Å². The van der Waals surface area contributed by atoms with Gasteiger partial charge in [-0.05, 0) is 36.6 Å². The molecule has 37 heavy (non-hydrogen) atoms. The lowest BCUT2D eigenvalue weighted by atomic mass is 10.1. The van der Waals surface area contributed by atoms with E-state index in [0.717, 1.165) is 17.5 Å².